The van der Waals surface area contributed by atoms with Gasteiger partial charge < -0.3 is 14.8 Å². The summed E-state index contributed by atoms with van der Waals surface area (Å²) in [5.41, 5.74) is 1.09. The molecular weight excluding hydrogens is 290 g/mol. The predicted octanol–water partition coefficient (Wildman–Crippen LogP) is 3.72. The van der Waals surface area contributed by atoms with Gasteiger partial charge in [-0.2, -0.15) is 0 Å². The molecule has 2 rings (SSSR count). The summed E-state index contributed by atoms with van der Waals surface area (Å²) in [6, 6.07) is 5.80. The quantitative estimate of drug-likeness (QED) is 0.706. The molecule has 1 aromatic rings. The van der Waals surface area contributed by atoms with Gasteiger partial charge in [0.25, 0.3) is 0 Å². The molecule has 4 heteroatoms. The van der Waals surface area contributed by atoms with Crippen LogP contribution in [-0.4, -0.2) is 26.7 Å². The Balaban J connectivity index is 1.65. The van der Waals surface area contributed by atoms with Crippen LogP contribution in [0, 0.1) is 5.92 Å². The Morgan fingerprint density at radius 3 is 2.61 bits per heavy atom. The normalized spacial score (nSPS) is 14.7. The smallest absolute Gasteiger partial charge is 0.220 e. The molecule has 0 spiro atoms. The van der Waals surface area contributed by atoms with Gasteiger partial charge in [-0.15, -0.1) is 0 Å². The first kappa shape index (κ1) is 17.6. The molecular formula is C19H29NO3. The maximum atomic E-state index is 11.9. The van der Waals surface area contributed by atoms with E-state index in [1.807, 2.05) is 18.2 Å². The highest BCUT2D eigenvalue weighted by Crippen LogP contribution is 2.29. The van der Waals surface area contributed by atoms with E-state index >= 15 is 0 Å². The molecule has 1 N–H and O–H groups in total. The van der Waals surface area contributed by atoms with Crippen LogP contribution in [0.3, 0.4) is 0 Å². The zero-order chi connectivity index (χ0) is 16.5. The summed E-state index contributed by atoms with van der Waals surface area (Å²) < 4.78 is 10.5. The van der Waals surface area contributed by atoms with E-state index in [2.05, 4.69) is 5.32 Å². The predicted molar refractivity (Wildman–Crippen MR) is 92.1 cm³/mol. The SMILES string of the molecule is COc1ccc(CCC(=O)NCCCC2CCCC2)cc1OC. The summed E-state index contributed by atoms with van der Waals surface area (Å²) in [7, 11) is 3.25. The Bertz CT molecular complexity index is 495. The van der Waals surface area contributed by atoms with Gasteiger partial charge in [0.05, 0.1) is 14.2 Å². The first-order valence-corrected chi connectivity index (χ1v) is 8.70. The number of amides is 1. The molecule has 0 atom stereocenters. The van der Waals surface area contributed by atoms with Gasteiger partial charge in [0.1, 0.15) is 0 Å². The average molecular weight is 319 g/mol. The van der Waals surface area contributed by atoms with Crippen molar-refractivity contribution >= 4 is 5.91 Å². The van der Waals surface area contributed by atoms with Gasteiger partial charge >= 0.3 is 0 Å². The second-order valence-electron chi connectivity index (χ2n) is 6.33. The van der Waals surface area contributed by atoms with Crippen LogP contribution in [0.4, 0.5) is 0 Å². The van der Waals surface area contributed by atoms with E-state index in [1.54, 1.807) is 14.2 Å². The largest absolute Gasteiger partial charge is 0.493 e. The second-order valence-corrected chi connectivity index (χ2v) is 6.33. The number of methoxy groups -OCH3 is 2. The van der Waals surface area contributed by atoms with E-state index in [-0.39, 0.29) is 5.91 Å². The number of benzene rings is 1. The van der Waals surface area contributed by atoms with Gasteiger partial charge in [-0.05, 0) is 42.9 Å². The Hall–Kier alpha value is -1.71. The number of ether oxygens (including phenoxy) is 2. The van der Waals surface area contributed by atoms with Crippen LogP contribution in [-0.2, 0) is 11.2 Å². The molecule has 0 saturated heterocycles. The van der Waals surface area contributed by atoms with Crippen molar-refractivity contribution in [2.24, 2.45) is 5.92 Å². The first-order chi connectivity index (χ1) is 11.2. The van der Waals surface area contributed by atoms with Crippen molar-refractivity contribution in [3.05, 3.63) is 23.8 Å². The Kier molecular flexibility index (Phi) is 7.24. The minimum absolute atomic E-state index is 0.131. The second kappa shape index (κ2) is 9.43. The number of hydrogen-bond donors (Lipinski definition) is 1. The number of carbonyl (C=O) groups is 1. The van der Waals surface area contributed by atoms with E-state index < -0.39 is 0 Å². The summed E-state index contributed by atoms with van der Waals surface area (Å²) in [6.45, 7) is 0.807. The molecule has 4 nitrogen and oxygen atoms in total. The van der Waals surface area contributed by atoms with E-state index in [1.165, 1.54) is 32.1 Å². The highest BCUT2D eigenvalue weighted by atomic mass is 16.5. The fraction of sp³-hybridized carbons (Fsp3) is 0.632. The fourth-order valence-corrected chi connectivity index (χ4v) is 3.30. The summed E-state index contributed by atoms with van der Waals surface area (Å²) in [4.78, 5) is 11.9. The number of aryl methyl sites for hydroxylation is 1. The highest BCUT2D eigenvalue weighted by molar-refractivity contribution is 5.76. The Morgan fingerprint density at radius 1 is 1.17 bits per heavy atom. The van der Waals surface area contributed by atoms with Gasteiger partial charge in [0.15, 0.2) is 11.5 Å². The number of hydrogen-bond acceptors (Lipinski definition) is 3. The standard InChI is InChI=1S/C19H29NO3/c1-22-17-11-9-16(14-18(17)23-2)10-12-19(21)20-13-5-8-15-6-3-4-7-15/h9,11,14-15H,3-8,10,12-13H2,1-2H3,(H,20,21). The Labute approximate surface area is 139 Å². The third kappa shape index (κ3) is 5.77. The van der Waals surface area contributed by atoms with Crippen molar-refractivity contribution < 1.29 is 14.3 Å². The summed E-state index contributed by atoms with van der Waals surface area (Å²) in [6.07, 6.45) is 9.14. The maximum Gasteiger partial charge on any atom is 0.220 e. The van der Waals surface area contributed by atoms with Gasteiger partial charge in [0.2, 0.25) is 5.91 Å². The van der Waals surface area contributed by atoms with Crippen LogP contribution in [0.5, 0.6) is 11.5 Å². The third-order valence-corrected chi connectivity index (χ3v) is 4.67. The van der Waals surface area contributed by atoms with Crippen LogP contribution in [0.15, 0.2) is 18.2 Å². The average Bonchev–Trinajstić information content (AvgIpc) is 3.10. The summed E-state index contributed by atoms with van der Waals surface area (Å²) >= 11 is 0. The van der Waals surface area contributed by atoms with E-state index in [4.69, 9.17) is 9.47 Å². The summed E-state index contributed by atoms with van der Waals surface area (Å²) in [5.74, 6) is 2.46. The van der Waals surface area contributed by atoms with E-state index in [0.717, 1.165) is 30.9 Å². The van der Waals surface area contributed by atoms with Gasteiger partial charge in [-0.1, -0.05) is 31.7 Å². The molecule has 0 radical (unpaired) electrons. The molecule has 23 heavy (non-hydrogen) atoms. The lowest BCUT2D eigenvalue weighted by molar-refractivity contribution is -0.121. The first-order valence-electron chi connectivity index (χ1n) is 8.70. The molecule has 0 unspecified atom stereocenters. The third-order valence-electron chi connectivity index (χ3n) is 4.67. The maximum absolute atomic E-state index is 11.9. The number of carbonyl (C=O) groups excluding carboxylic acids is 1. The fourth-order valence-electron chi connectivity index (χ4n) is 3.30. The summed E-state index contributed by atoms with van der Waals surface area (Å²) in [5, 5.41) is 3.03. The van der Waals surface area contributed by atoms with Crippen molar-refractivity contribution in [2.45, 2.75) is 51.4 Å². The van der Waals surface area contributed by atoms with Crippen molar-refractivity contribution in [3.8, 4) is 11.5 Å². The minimum atomic E-state index is 0.131. The van der Waals surface area contributed by atoms with Crippen molar-refractivity contribution in [3.63, 3.8) is 0 Å². The monoisotopic (exact) mass is 319 g/mol. The molecule has 1 aromatic carbocycles. The van der Waals surface area contributed by atoms with Crippen molar-refractivity contribution in [1.82, 2.24) is 5.32 Å². The van der Waals surface area contributed by atoms with Crippen LogP contribution in [0.1, 0.15) is 50.5 Å². The lowest BCUT2D eigenvalue weighted by Gasteiger charge is -2.10. The van der Waals surface area contributed by atoms with Crippen LogP contribution < -0.4 is 14.8 Å². The number of nitrogens with one attached hydrogen (secondary N) is 1. The highest BCUT2D eigenvalue weighted by Gasteiger charge is 2.14. The molecule has 0 aliphatic heterocycles. The molecule has 1 saturated carbocycles. The topological polar surface area (TPSA) is 47.6 Å². The van der Waals surface area contributed by atoms with Gasteiger partial charge in [-0.25, -0.2) is 0 Å². The van der Waals surface area contributed by atoms with Crippen LogP contribution in [0.25, 0.3) is 0 Å². The molecule has 0 heterocycles. The number of rotatable bonds is 9. The molecule has 128 valence electrons. The van der Waals surface area contributed by atoms with Crippen LogP contribution >= 0.6 is 0 Å². The van der Waals surface area contributed by atoms with Gasteiger partial charge in [0, 0.05) is 13.0 Å². The van der Waals surface area contributed by atoms with E-state index in [9.17, 15) is 4.79 Å². The molecule has 1 fully saturated rings. The zero-order valence-electron chi connectivity index (χ0n) is 14.4. The van der Waals surface area contributed by atoms with Crippen molar-refractivity contribution in [2.75, 3.05) is 20.8 Å². The molecule has 1 amide bonds. The molecule has 1 aliphatic carbocycles. The lowest BCUT2D eigenvalue weighted by atomic mass is 10.0. The molecule has 0 aromatic heterocycles. The Morgan fingerprint density at radius 2 is 1.91 bits per heavy atom. The molecule has 1 aliphatic rings. The lowest BCUT2D eigenvalue weighted by Crippen LogP contribution is -2.24. The van der Waals surface area contributed by atoms with Crippen molar-refractivity contribution in [1.29, 1.82) is 0 Å². The minimum Gasteiger partial charge on any atom is -0.493 e. The van der Waals surface area contributed by atoms with Crippen LogP contribution in [0.2, 0.25) is 0 Å². The zero-order valence-corrected chi connectivity index (χ0v) is 14.4. The van der Waals surface area contributed by atoms with Gasteiger partial charge in [-0.3, -0.25) is 4.79 Å². The molecule has 0 bridgehead atoms. The van der Waals surface area contributed by atoms with E-state index in [0.29, 0.717) is 17.9 Å².